The van der Waals surface area contributed by atoms with Crippen molar-refractivity contribution in [2.24, 2.45) is 0 Å². The van der Waals surface area contributed by atoms with E-state index in [4.69, 9.17) is 4.74 Å². The van der Waals surface area contributed by atoms with Gasteiger partial charge in [-0.3, -0.25) is 9.69 Å². The van der Waals surface area contributed by atoms with Crippen LogP contribution in [0.4, 0.5) is 0 Å². The van der Waals surface area contributed by atoms with Crippen molar-refractivity contribution in [1.29, 1.82) is 0 Å². The highest BCUT2D eigenvalue weighted by molar-refractivity contribution is 5.85. The summed E-state index contributed by atoms with van der Waals surface area (Å²) in [6.45, 7) is 6.81. The maximum atomic E-state index is 12.6. The van der Waals surface area contributed by atoms with Crippen LogP contribution in [0.3, 0.4) is 0 Å². The monoisotopic (exact) mass is 381 g/mol. The highest BCUT2D eigenvalue weighted by atomic mass is 35.5. The van der Waals surface area contributed by atoms with Crippen molar-refractivity contribution in [3.63, 3.8) is 0 Å². The molecule has 3 aliphatic rings. The minimum absolute atomic E-state index is 0. The first kappa shape index (κ1) is 22.0. The Morgan fingerprint density at radius 2 is 1.92 bits per heavy atom. The third-order valence-electron chi connectivity index (χ3n) is 5.69. The maximum Gasteiger partial charge on any atom is 0.222 e. The average molecular weight is 382 g/mol. The van der Waals surface area contributed by atoms with E-state index in [1.807, 2.05) is 0 Å². The van der Waals surface area contributed by atoms with Gasteiger partial charge in [0.25, 0.3) is 0 Å². The molecule has 0 aromatic heterocycles. The smallest absolute Gasteiger partial charge is 0.222 e. The van der Waals surface area contributed by atoms with E-state index in [0.29, 0.717) is 18.5 Å². The van der Waals surface area contributed by atoms with E-state index < -0.39 is 0 Å². The van der Waals surface area contributed by atoms with Crippen LogP contribution >= 0.6 is 24.8 Å². The molecule has 2 atom stereocenters. The van der Waals surface area contributed by atoms with E-state index in [0.717, 1.165) is 45.7 Å². The van der Waals surface area contributed by atoms with Crippen molar-refractivity contribution in [3.05, 3.63) is 0 Å². The molecule has 5 nitrogen and oxygen atoms in total. The van der Waals surface area contributed by atoms with Gasteiger partial charge < -0.3 is 15.4 Å². The molecular weight excluding hydrogens is 349 g/mol. The normalized spacial score (nSPS) is 30.0. The van der Waals surface area contributed by atoms with Gasteiger partial charge in [0, 0.05) is 37.1 Å². The Morgan fingerprint density at radius 1 is 1.25 bits per heavy atom. The highest BCUT2D eigenvalue weighted by Gasteiger charge is 2.41. The summed E-state index contributed by atoms with van der Waals surface area (Å²) in [5, 5.41) is 6.75. The molecule has 3 rings (SSSR count). The number of hydrogen-bond donors (Lipinski definition) is 2. The Balaban J connectivity index is 0.00000144. The lowest BCUT2D eigenvalue weighted by Crippen LogP contribution is -2.55. The first-order chi connectivity index (χ1) is 10.7. The molecule has 2 heterocycles. The fourth-order valence-electron chi connectivity index (χ4n) is 4.52. The molecule has 2 aliphatic heterocycles. The number of carbonyl (C=O) groups is 1. The quantitative estimate of drug-likeness (QED) is 0.782. The molecule has 0 spiro atoms. The van der Waals surface area contributed by atoms with Crippen molar-refractivity contribution in [3.8, 4) is 0 Å². The SMILES string of the molecule is CC1CC(NC(=O)CC2(N3CCOCC3)CCCC2)CCN1.Cl.Cl. The number of rotatable bonds is 4. The van der Waals surface area contributed by atoms with Gasteiger partial charge in [0.1, 0.15) is 0 Å². The zero-order valence-electron chi connectivity index (χ0n) is 14.7. The van der Waals surface area contributed by atoms with Crippen LogP contribution in [0.2, 0.25) is 0 Å². The largest absolute Gasteiger partial charge is 0.379 e. The number of piperidine rings is 1. The molecule has 0 aromatic carbocycles. The van der Waals surface area contributed by atoms with Crippen LogP contribution in [0.5, 0.6) is 0 Å². The molecule has 2 saturated heterocycles. The second-order valence-corrected chi connectivity index (χ2v) is 7.35. The number of halogens is 2. The van der Waals surface area contributed by atoms with Gasteiger partial charge in [-0.1, -0.05) is 12.8 Å². The van der Waals surface area contributed by atoms with Gasteiger partial charge in [-0.05, 0) is 39.2 Å². The molecule has 2 unspecified atom stereocenters. The molecular formula is C17H33Cl2N3O2. The van der Waals surface area contributed by atoms with E-state index in [9.17, 15) is 4.79 Å². The van der Waals surface area contributed by atoms with Crippen LogP contribution in [-0.2, 0) is 9.53 Å². The zero-order valence-corrected chi connectivity index (χ0v) is 16.4. The van der Waals surface area contributed by atoms with Crippen molar-refractivity contribution < 1.29 is 9.53 Å². The summed E-state index contributed by atoms with van der Waals surface area (Å²) in [5.41, 5.74) is 0.104. The number of nitrogens with zero attached hydrogens (tertiary/aromatic N) is 1. The van der Waals surface area contributed by atoms with E-state index >= 15 is 0 Å². The molecule has 1 saturated carbocycles. The number of ether oxygens (including phenoxy) is 1. The molecule has 3 fully saturated rings. The van der Waals surface area contributed by atoms with Crippen LogP contribution in [-0.4, -0.2) is 61.3 Å². The predicted molar refractivity (Wildman–Crippen MR) is 101 cm³/mol. The number of carbonyl (C=O) groups excluding carboxylic acids is 1. The minimum Gasteiger partial charge on any atom is -0.379 e. The number of morpholine rings is 1. The van der Waals surface area contributed by atoms with Crippen molar-refractivity contribution in [2.75, 3.05) is 32.8 Å². The fraction of sp³-hybridized carbons (Fsp3) is 0.941. The molecule has 2 N–H and O–H groups in total. The summed E-state index contributed by atoms with van der Waals surface area (Å²) in [4.78, 5) is 15.2. The number of nitrogens with one attached hydrogen (secondary N) is 2. The van der Waals surface area contributed by atoms with Gasteiger partial charge in [0.2, 0.25) is 5.91 Å². The standard InChI is InChI=1S/C17H31N3O2.2ClH/c1-14-12-15(4-7-18-14)19-16(21)13-17(5-2-3-6-17)20-8-10-22-11-9-20;;/h14-15,18H,2-13H2,1H3,(H,19,21);2*1H. The Bertz CT molecular complexity index is 386. The lowest BCUT2D eigenvalue weighted by Gasteiger charge is -2.43. The Kier molecular flexibility index (Phi) is 9.31. The predicted octanol–water partition coefficient (Wildman–Crippen LogP) is 2.12. The van der Waals surface area contributed by atoms with E-state index in [2.05, 4.69) is 22.5 Å². The van der Waals surface area contributed by atoms with Crippen LogP contribution in [0.25, 0.3) is 0 Å². The van der Waals surface area contributed by atoms with Crippen LogP contribution in [0, 0.1) is 0 Å². The molecule has 7 heteroatoms. The lowest BCUT2D eigenvalue weighted by atomic mass is 9.89. The van der Waals surface area contributed by atoms with Crippen molar-refractivity contribution >= 4 is 30.7 Å². The van der Waals surface area contributed by atoms with Crippen molar-refractivity contribution in [2.45, 2.75) is 69.5 Å². The van der Waals surface area contributed by atoms with E-state index in [1.54, 1.807) is 0 Å². The summed E-state index contributed by atoms with van der Waals surface area (Å²) in [7, 11) is 0. The Labute approximate surface area is 158 Å². The Hall–Kier alpha value is -0.0700. The number of amides is 1. The van der Waals surface area contributed by atoms with E-state index in [1.165, 1.54) is 25.7 Å². The second kappa shape index (κ2) is 10.2. The van der Waals surface area contributed by atoms with Crippen LogP contribution in [0.15, 0.2) is 0 Å². The van der Waals surface area contributed by atoms with Gasteiger partial charge in [-0.15, -0.1) is 24.8 Å². The first-order valence-electron chi connectivity index (χ1n) is 9.03. The molecule has 0 radical (unpaired) electrons. The van der Waals surface area contributed by atoms with Crippen LogP contribution in [0.1, 0.15) is 51.9 Å². The van der Waals surface area contributed by atoms with Crippen molar-refractivity contribution in [1.82, 2.24) is 15.5 Å². The average Bonchev–Trinajstić information content (AvgIpc) is 2.98. The van der Waals surface area contributed by atoms with E-state index in [-0.39, 0.29) is 36.3 Å². The van der Waals surface area contributed by atoms with Gasteiger partial charge in [0.15, 0.2) is 0 Å². The van der Waals surface area contributed by atoms with Crippen LogP contribution < -0.4 is 10.6 Å². The summed E-state index contributed by atoms with van der Waals surface area (Å²) in [5.74, 6) is 0.257. The number of hydrogen-bond acceptors (Lipinski definition) is 4. The lowest BCUT2D eigenvalue weighted by molar-refractivity contribution is -0.126. The third kappa shape index (κ3) is 5.46. The topological polar surface area (TPSA) is 53.6 Å². The first-order valence-corrected chi connectivity index (χ1v) is 9.03. The van der Waals surface area contributed by atoms with Gasteiger partial charge in [-0.25, -0.2) is 0 Å². The molecule has 1 aliphatic carbocycles. The summed E-state index contributed by atoms with van der Waals surface area (Å²) < 4.78 is 5.49. The van der Waals surface area contributed by atoms with Gasteiger partial charge in [-0.2, -0.15) is 0 Å². The fourth-order valence-corrected chi connectivity index (χ4v) is 4.52. The van der Waals surface area contributed by atoms with Gasteiger partial charge >= 0.3 is 0 Å². The summed E-state index contributed by atoms with van der Waals surface area (Å²) in [6.07, 6.45) is 7.64. The second-order valence-electron chi connectivity index (χ2n) is 7.35. The molecule has 1 amide bonds. The summed E-state index contributed by atoms with van der Waals surface area (Å²) in [6, 6.07) is 0.866. The highest BCUT2D eigenvalue weighted by Crippen LogP contribution is 2.38. The molecule has 0 aromatic rings. The third-order valence-corrected chi connectivity index (χ3v) is 5.69. The van der Waals surface area contributed by atoms with Gasteiger partial charge in [0.05, 0.1) is 13.2 Å². The molecule has 142 valence electrons. The summed E-state index contributed by atoms with van der Waals surface area (Å²) >= 11 is 0. The maximum absolute atomic E-state index is 12.6. The minimum atomic E-state index is 0. The molecule has 0 bridgehead atoms. The Morgan fingerprint density at radius 3 is 2.54 bits per heavy atom. The molecule has 24 heavy (non-hydrogen) atoms. The zero-order chi connectivity index (χ0) is 15.4.